The van der Waals surface area contributed by atoms with Crippen molar-refractivity contribution >= 4 is 17.3 Å². The molecule has 0 unspecified atom stereocenters. The van der Waals surface area contributed by atoms with E-state index in [-0.39, 0.29) is 12.5 Å². The second-order valence-corrected chi connectivity index (χ2v) is 5.91. The minimum Gasteiger partial charge on any atom is -0.392 e. The lowest BCUT2D eigenvalue weighted by atomic mass is 10.1. The molecular weight excluding hydrogens is 266 g/mol. The van der Waals surface area contributed by atoms with Crippen LogP contribution in [0.4, 0.5) is 11.4 Å². The largest absolute Gasteiger partial charge is 0.392 e. The van der Waals surface area contributed by atoms with Crippen LogP contribution in [0.1, 0.15) is 18.4 Å². The summed E-state index contributed by atoms with van der Waals surface area (Å²) in [5.41, 5.74) is 2.93. The van der Waals surface area contributed by atoms with Crippen molar-refractivity contribution in [3.05, 3.63) is 23.8 Å². The van der Waals surface area contributed by atoms with Gasteiger partial charge in [0.1, 0.15) is 0 Å². The van der Waals surface area contributed by atoms with E-state index in [1.54, 1.807) is 0 Å². The molecule has 0 saturated carbocycles. The molecule has 3 rings (SSSR count). The molecule has 2 saturated heterocycles. The average molecular weight is 289 g/mol. The normalized spacial score (nSPS) is 20.4. The first kappa shape index (κ1) is 14.4. The van der Waals surface area contributed by atoms with E-state index in [4.69, 9.17) is 0 Å². The maximum atomic E-state index is 11.8. The van der Waals surface area contributed by atoms with Gasteiger partial charge in [0, 0.05) is 56.1 Å². The van der Waals surface area contributed by atoms with E-state index >= 15 is 0 Å². The minimum atomic E-state index is 0.0115. The molecule has 2 aliphatic rings. The molecule has 2 fully saturated rings. The summed E-state index contributed by atoms with van der Waals surface area (Å²) in [4.78, 5) is 18.3. The van der Waals surface area contributed by atoms with Gasteiger partial charge in [-0.3, -0.25) is 4.79 Å². The summed E-state index contributed by atoms with van der Waals surface area (Å²) in [7, 11) is 2.13. The van der Waals surface area contributed by atoms with Crippen LogP contribution in [0.2, 0.25) is 0 Å². The molecular formula is C16H23N3O2. The first-order chi connectivity index (χ1) is 10.2. The monoisotopic (exact) mass is 289 g/mol. The molecule has 0 aliphatic carbocycles. The third kappa shape index (κ3) is 2.89. The van der Waals surface area contributed by atoms with Crippen molar-refractivity contribution in [3.63, 3.8) is 0 Å². The van der Waals surface area contributed by atoms with Crippen LogP contribution < -0.4 is 9.80 Å². The number of benzene rings is 1. The summed E-state index contributed by atoms with van der Waals surface area (Å²) >= 11 is 0. The van der Waals surface area contributed by atoms with Gasteiger partial charge in [0.25, 0.3) is 0 Å². The number of carbonyl (C=O) groups excluding carboxylic acids is 1. The number of hydrogen-bond donors (Lipinski definition) is 1. The SMILES string of the molecule is CN1CCN(c2ccc(N3CCCC3=O)cc2CO)CC1. The van der Waals surface area contributed by atoms with Gasteiger partial charge in [-0.2, -0.15) is 0 Å². The van der Waals surface area contributed by atoms with Gasteiger partial charge in [0.05, 0.1) is 6.61 Å². The number of piperazine rings is 1. The Balaban J connectivity index is 1.83. The number of likely N-dealkylation sites (N-methyl/N-ethyl adjacent to an activating group) is 1. The lowest BCUT2D eigenvalue weighted by molar-refractivity contribution is -0.117. The van der Waals surface area contributed by atoms with Crippen LogP contribution in [-0.2, 0) is 11.4 Å². The Morgan fingerprint density at radius 3 is 2.52 bits per heavy atom. The van der Waals surface area contributed by atoms with Crippen molar-refractivity contribution < 1.29 is 9.90 Å². The second-order valence-electron chi connectivity index (χ2n) is 5.91. The van der Waals surface area contributed by atoms with Crippen LogP contribution >= 0.6 is 0 Å². The van der Waals surface area contributed by atoms with Crippen molar-refractivity contribution in [1.82, 2.24) is 4.90 Å². The Bertz CT molecular complexity index is 524. The fraction of sp³-hybridized carbons (Fsp3) is 0.562. The molecule has 2 aliphatic heterocycles. The van der Waals surface area contributed by atoms with Gasteiger partial charge >= 0.3 is 0 Å². The average Bonchev–Trinajstić information content (AvgIpc) is 2.94. The topological polar surface area (TPSA) is 47.0 Å². The summed E-state index contributed by atoms with van der Waals surface area (Å²) in [5.74, 6) is 0.186. The Morgan fingerprint density at radius 1 is 1.14 bits per heavy atom. The first-order valence-corrected chi connectivity index (χ1v) is 7.66. The van der Waals surface area contributed by atoms with E-state index in [1.165, 1.54) is 0 Å². The molecule has 1 aromatic rings. The Kier molecular flexibility index (Phi) is 4.12. The molecule has 5 nitrogen and oxygen atoms in total. The van der Waals surface area contributed by atoms with Crippen molar-refractivity contribution in [2.75, 3.05) is 49.6 Å². The number of anilines is 2. The van der Waals surface area contributed by atoms with E-state index in [1.807, 2.05) is 17.0 Å². The molecule has 0 spiro atoms. The first-order valence-electron chi connectivity index (χ1n) is 7.66. The number of aliphatic hydroxyl groups is 1. The minimum absolute atomic E-state index is 0.0115. The number of hydrogen-bond acceptors (Lipinski definition) is 4. The smallest absolute Gasteiger partial charge is 0.227 e. The highest BCUT2D eigenvalue weighted by Crippen LogP contribution is 2.29. The molecule has 114 valence electrons. The predicted molar refractivity (Wildman–Crippen MR) is 83.7 cm³/mol. The number of amides is 1. The van der Waals surface area contributed by atoms with Crippen molar-refractivity contribution in [1.29, 1.82) is 0 Å². The zero-order valence-electron chi connectivity index (χ0n) is 12.6. The van der Waals surface area contributed by atoms with Gasteiger partial charge in [-0.05, 0) is 31.7 Å². The fourth-order valence-electron chi connectivity index (χ4n) is 3.14. The molecule has 0 aromatic heterocycles. The third-order valence-corrected chi connectivity index (χ3v) is 4.46. The fourth-order valence-corrected chi connectivity index (χ4v) is 3.14. The van der Waals surface area contributed by atoms with E-state index in [0.29, 0.717) is 6.42 Å². The van der Waals surface area contributed by atoms with E-state index in [2.05, 4.69) is 22.9 Å². The molecule has 1 amide bonds. The maximum absolute atomic E-state index is 11.8. The number of carbonyl (C=O) groups is 1. The summed E-state index contributed by atoms with van der Waals surface area (Å²) < 4.78 is 0. The zero-order valence-corrected chi connectivity index (χ0v) is 12.6. The quantitative estimate of drug-likeness (QED) is 0.904. The molecule has 21 heavy (non-hydrogen) atoms. The van der Waals surface area contributed by atoms with E-state index in [9.17, 15) is 9.90 Å². The Morgan fingerprint density at radius 2 is 1.90 bits per heavy atom. The van der Waals surface area contributed by atoms with Gasteiger partial charge in [0.2, 0.25) is 5.91 Å². The summed E-state index contributed by atoms with van der Waals surface area (Å²) in [6.07, 6.45) is 1.56. The highest BCUT2D eigenvalue weighted by molar-refractivity contribution is 5.95. The maximum Gasteiger partial charge on any atom is 0.227 e. The molecule has 5 heteroatoms. The van der Waals surface area contributed by atoms with Crippen LogP contribution in [0.3, 0.4) is 0 Å². The van der Waals surface area contributed by atoms with Crippen LogP contribution in [0, 0.1) is 0 Å². The van der Waals surface area contributed by atoms with Gasteiger partial charge < -0.3 is 19.8 Å². The Hall–Kier alpha value is -1.59. The number of rotatable bonds is 3. The van der Waals surface area contributed by atoms with Gasteiger partial charge in [-0.1, -0.05) is 0 Å². The Labute approximate surface area is 125 Å². The highest BCUT2D eigenvalue weighted by Gasteiger charge is 2.23. The van der Waals surface area contributed by atoms with Gasteiger partial charge in [0.15, 0.2) is 0 Å². The van der Waals surface area contributed by atoms with Crippen molar-refractivity contribution in [2.45, 2.75) is 19.4 Å². The number of nitrogens with zero attached hydrogens (tertiary/aromatic N) is 3. The molecule has 1 aromatic carbocycles. The zero-order chi connectivity index (χ0) is 14.8. The molecule has 0 radical (unpaired) electrons. The van der Waals surface area contributed by atoms with Crippen molar-refractivity contribution in [3.8, 4) is 0 Å². The molecule has 0 atom stereocenters. The summed E-state index contributed by atoms with van der Waals surface area (Å²) in [5, 5.41) is 9.69. The van der Waals surface area contributed by atoms with Crippen LogP contribution in [0.15, 0.2) is 18.2 Å². The molecule has 1 N–H and O–H groups in total. The standard InChI is InChI=1S/C16H23N3O2/c1-17-7-9-18(10-8-17)15-5-4-14(11-13(15)12-20)19-6-2-3-16(19)21/h4-5,11,20H,2-3,6-10,12H2,1H3. The second kappa shape index (κ2) is 6.03. The molecule has 0 bridgehead atoms. The van der Waals surface area contributed by atoms with Gasteiger partial charge in [-0.15, -0.1) is 0 Å². The van der Waals surface area contributed by atoms with Crippen LogP contribution in [0.5, 0.6) is 0 Å². The van der Waals surface area contributed by atoms with E-state index in [0.717, 1.165) is 56.1 Å². The summed E-state index contributed by atoms with van der Waals surface area (Å²) in [6.45, 7) is 4.83. The lowest BCUT2D eigenvalue weighted by Gasteiger charge is -2.35. The van der Waals surface area contributed by atoms with Crippen molar-refractivity contribution in [2.24, 2.45) is 0 Å². The van der Waals surface area contributed by atoms with Crippen LogP contribution in [-0.4, -0.2) is 55.7 Å². The van der Waals surface area contributed by atoms with Crippen LogP contribution in [0.25, 0.3) is 0 Å². The predicted octanol–water partition coefficient (Wildman–Crippen LogP) is 1.06. The number of aliphatic hydroxyl groups excluding tert-OH is 1. The van der Waals surface area contributed by atoms with E-state index < -0.39 is 0 Å². The molecule has 2 heterocycles. The highest BCUT2D eigenvalue weighted by atomic mass is 16.3. The third-order valence-electron chi connectivity index (χ3n) is 4.46. The van der Waals surface area contributed by atoms with Gasteiger partial charge in [-0.25, -0.2) is 0 Å². The summed E-state index contributed by atoms with van der Waals surface area (Å²) in [6, 6.07) is 6.03. The lowest BCUT2D eigenvalue weighted by Crippen LogP contribution is -2.44.